The fraction of sp³-hybridized carbons (Fsp3) is 0.133. The number of alkyl halides is 6. The third-order valence-electron chi connectivity index (χ3n) is 3.18. The van der Waals surface area contributed by atoms with Gasteiger partial charge in [0.1, 0.15) is 11.4 Å². The monoisotopic (exact) mass is 379 g/mol. The second-order valence-corrected chi connectivity index (χ2v) is 5.03. The molecule has 0 saturated carbocycles. The molecule has 0 aliphatic carbocycles. The topological polar surface area (TPSA) is 87.5 Å². The minimum atomic E-state index is -5.10. The van der Waals surface area contributed by atoms with Crippen LogP contribution in [0.3, 0.4) is 0 Å². The van der Waals surface area contributed by atoms with Gasteiger partial charge in [-0.1, -0.05) is 0 Å². The molecule has 0 aliphatic heterocycles. The standard InChI is InChI=1S/C15H7F6NO4/c16-14(17,18)8-1-6(2-9(5-8)15(19,20)21)7-3-10(12(23)24)22-11(4-7)13(25)26/h1-5H,(H,23,24)(H,25,26). The van der Waals surface area contributed by atoms with E-state index in [0.29, 0.717) is 24.3 Å². The summed E-state index contributed by atoms with van der Waals surface area (Å²) in [5.74, 6) is -3.39. The summed E-state index contributed by atoms with van der Waals surface area (Å²) >= 11 is 0. The van der Waals surface area contributed by atoms with E-state index in [1.54, 1.807) is 0 Å². The van der Waals surface area contributed by atoms with Crippen molar-refractivity contribution in [1.29, 1.82) is 0 Å². The molecule has 0 atom stereocenters. The highest BCUT2D eigenvalue weighted by atomic mass is 19.4. The molecule has 1 aromatic carbocycles. The number of carbonyl (C=O) groups is 2. The zero-order valence-corrected chi connectivity index (χ0v) is 12.3. The van der Waals surface area contributed by atoms with E-state index in [1.165, 1.54) is 0 Å². The smallest absolute Gasteiger partial charge is 0.416 e. The number of pyridine rings is 1. The maximum atomic E-state index is 12.9. The third kappa shape index (κ3) is 4.10. The number of aromatic carboxylic acids is 2. The minimum absolute atomic E-state index is 0.0963. The molecule has 5 nitrogen and oxygen atoms in total. The van der Waals surface area contributed by atoms with E-state index >= 15 is 0 Å². The average molecular weight is 379 g/mol. The molecule has 0 fully saturated rings. The van der Waals surface area contributed by atoms with E-state index in [9.17, 15) is 35.9 Å². The predicted octanol–water partition coefficient (Wildman–Crippen LogP) is 4.18. The summed E-state index contributed by atoms with van der Waals surface area (Å²) < 4.78 is 77.4. The second-order valence-electron chi connectivity index (χ2n) is 5.03. The number of rotatable bonds is 3. The van der Waals surface area contributed by atoms with Gasteiger partial charge in [-0.25, -0.2) is 14.6 Å². The molecular formula is C15H7F6NO4. The lowest BCUT2D eigenvalue weighted by Gasteiger charge is -2.14. The Morgan fingerprint density at radius 3 is 1.35 bits per heavy atom. The molecule has 0 spiro atoms. The first kappa shape index (κ1) is 19.2. The molecule has 0 aliphatic rings. The normalized spacial score (nSPS) is 12.1. The Labute approximate surface area is 140 Å². The molecule has 0 saturated heterocycles. The molecule has 1 aromatic heterocycles. The zero-order chi connectivity index (χ0) is 19.9. The van der Waals surface area contributed by atoms with Crippen molar-refractivity contribution >= 4 is 11.9 Å². The van der Waals surface area contributed by atoms with Crippen molar-refractivity contribution in [2.75, 3.05) is 0 Å². The summed E-state index contributed by atoms with van der Waals surface area (Å²) in [4.78, 5) is 25.2. The van der Waals surface area contributed by atoms with E-state index in [-0.39, 0.29) is 6.07 Å². The highest BCUT2D eigenvalue weighted by molar-refractivity contribution is 5.92. The van der Waals surface area contributed by atoms with E-state index in [4.69, 9.17) is 10.2 Å². The van der Waals surface area contributed by atoms with Gasteiger partial charge < -0.3 is 10.2 Å². The molecule has 11 heteroatoms. The molecular weight excluding hydrogens is 372 g/mol. The molecule has 2 aromatic rings. The van der Waals surface area contributed by atoms with Crippen molar-refractivity contribution in [3.8, 4) is 11.1 Å². The highest BCUT2D eigenvalue weighted by Gasteiger charge is 2.37. The van der Waals surface area contributed by atoms with Crippen LogP contribution in [0.4, 0.5) is 26.3 Å². The summed E-state index contributed by atoms with van der Waals surface area (Å²) in [6, 6.07) is 2.00. The van der Waals surface area contributed by atoms with Crippen molar-refractivity contribution < 1.29 is 46.1 Å². The maximum absolute atomic E-state index is 12.9. The fourth-order valence-electron chi connectivity index (χ4n) is 2.04. The number of nitrogens with zero attached hydrogens (tertiary/aromatic N) is 1. The summed E-state index contributed by atoms with van der Waals surface area (Å²) in [6.07, 6.45) is -10.2. The molecule has 26 heavy (non-hydrogen) atoms. The number of hydrogen-bond donors (Lipinski definition) is 2. The van der Waals surface area contributed by atoms with E-state index in [0.717, 1.165) is 0 Å². The Morgan fingerprint density at radius 2 is 1.04 bits per heavy atom. The van der Waals surface area contributed by atoms with Gasteiger partial charge in [-0.05, 0) is 41.5 Å². The summed E-state index contributed by atoms with van der Waals surface area (Å²) in [6.45, 7) is 0. The zero-order valence-electron chi connectivity index (χ0n) is 12.3. The average Bonchev–Trinajstić information content (AvgIpc) is 2.52. The highest BCUT2D eigenvalue weighted by Crippen LogP contribution is 2.38. The number of aromatic nitrogens is 1. The van der Waals surface area contributed by atoms with Crippen LogP contribution in [0.25, 0.3) is 11.1 Å². The molecule has 2 rings (SSSR count). The lowest BCUT2D eigenvalue weighted by Crippen LogP contribution is -2.12. The fourth-order valence-corrected chi connectivity index (χ4v) is 2.04. The van der Waals surface area contributed by atoms with E-state index < -0.39 is 57.9 Å². The van der Waals surface area contributed by atoms with Gasteiger partial charge >= 0.3 is 24.3 Å². The van der Waals surface area contributed by atoms with Crippen LogP contribution in [-0.2, 0) is 12.4 Å². The lowest BCUT2D eigenvalue weighted by molar-refractivity contribution is -0.143. The van der Waals surface area contributed by atoms with Crippen LogP contribution >= 0.6 is 0 Å². The van der Waals surface area contributed by atoms with Gasteiger partial charge in [0, 0.05) is 0 Å². The number of halogens is 6. The third-order valence-corrected chi connectivity index (χ3v) is 3.18. The maximum Gasteiger partial charge on any atom is 0.416 e. The van der Waals surface area contributed by atoms with E-state index in [1.807, 2.05) is 0 Å². The molecule has 1 heterocycles. The molecule has 0 amide bonds. The first-order chi connectivity index (χ1) is 11.8. The lowest BCUT2D eigenvalue weighted by atomic mass is 9.98. The predicted molar refractivity (Wildman–Crippen MR) is 73.6 cm³/mol. The number of carboxylic acids is 2. The quantitative estimate of drug-likeness (QED) is 0.782. The number of carboxylic acid groups (broad SMARTS) is 2. The van der Waals surface area contributed by atoms with Crippen molar-refractivity contribution in [2.45, 2.75) is 12.4 Å². The van der Waals surface area contributed by atoms with Crippen LogP contribution in [0.2, 0.25) is 0 Å². The molecule has 138 valence electrons. The SMILES string of the molecule is O=C(O)c1cc(-c2cc(C(F)(F)F)cc(C(F)(F)F)c2)cc(C(=O)O)n1. The first-order valence-electron chi connectivity index (χ1n) is 6.57. The first-order valence-corrected chi connectivity index (χ1v) is 6.57. The Bertz CT molecular complexity index is 824. The van der Waals surface area contributed by atoms with Crippen LogP contribution in [0.5, 0.6) is 0 Å². The van der Waals surface area contributed by atoms with Gasteiger partial charge in [0.2, 0.25) is 0 Å². The van der Waals surface area contributed by atoms with Crippen LogP contribution in [0.15, 0.2) is 30.3 Å². The van der Waals surface area contributed by atoms with Crippen molar-refractivity contribution in [3.63, 3.8) is 0 Å². The molecule has 2 N–H and O–H groups in total. The minimum Gasteiger partial charge on any atom is -0.477 e. The van der Waals surface area contributed by atoms with E-state index in [2.05, 4.69) is 4.98 Å². The van der Waals surface area contributed by atoms with Gasteiger partial charge in [0.15, 0.2) is 0 Å². The summed E-state index contributed by atoms with van der Waals surface area (Å²) in [5.41, 5.74) is -6.04. The van der Waals surface area contributed by atoms with Crippen molar-refractivity contribution in [2.24, 2.45) is 0 Å². The molecule has 0 radical (unpaired) electrons. The van der Waals surface area contributed by atoms with Crippen molar-refractivity contribution in [3.05, 3.63) is 52.8 Å². The van der Waals surface area contributed by atoms with Crippen LogP contribution in [-0.4, -0.2) is 27.1 Å². The molecule has 0 unspecified atom stereocenters. The van der Waals surface area contributed by atoms with Gasteiger partial charge in [-0.15, -0.1) is 0 Å². The Morgan fingerprint density at radius 1 is 0.692 bits per heavy atom. The Kier molecular flexibility index (Phi) is 4.67. The van der Waals surface area contributed by atoms with Crippen LogP contribution in [0, 0.1) is 0 Å². The Balaban J connectivity index is 2.78. The van der Waals surface area contributed by atoms with Gasteiger partial charge in [0.05, 0.1) is 11.1 Å². The van der Waals surface area contributed by atoms with Gasteiger partial charge in [-0.3, -0.25) is 0 Å². The van der Waals surface area contributed by atoms with Crippen LogP contribution < -0.4 is 0 Å². The number of benzene rings is 1. The molecule has 0 bridgehead atoms. The van der Waals surface area contributed by atoms with Crippen molar-refractivity contribution in [1.82, 2.24) is 4.98 Å². The summed E-state index contributed by atoms with van der Waals surface area (Å²) in [7, 11) is 0. The van der Waals surface area contributed by atoms with Gasteiger partial charge in [0.25, 0.3) is 0 Å². The Hall–Kier alpha value is -3.11. The second kappa shape index (κ2) is 6.32. The summed E-state index contributed by atoms with van der Waals surface area (Å²) in [5, 5.41) is 17.8. The van der Waals surface area contributed by atoms with Gasteiger partial charge in [-0.2, -0.15) is 26.3 Å². The number of hydrogen-bond acceptors (Lipinski definition) is 3. The largest absolute Gasteiger partial charge is 0.477 e. The van der Waals surface area contributed by atoms with Crippen LogP contribution in [0.1, 0.15) is 32.1 Å².